The molecule has 87 heavy (non-hydrogen) atoms. The smallest absolute Gasteiger partial charge is 0.508 e. The van der Waals surface area contributed by atoms with Gasteiger partial charge in [0.25, 0.3) is 5.56 Å². The predicted molar refractivity (Wildman–Crippen MR) is 318 cm³/mol. The van der Waals surface area contributed by atoms with Crippen LogP contribution < -0.4 is 16.6 Å². The normalized spacial score (nSPS) is 19.0. The lowest BCUT2D eigenvalue weighted by atomic mass is 9.79. The first kappa shape index (κ1) is 65.0. The number of ketones is 3. The van der Waals surface area contributed by atoms with Crippen molar-refractivity contribution in [1.82, 2.24) is 29.4 Å². The van der Waals surface area contributed by atoms with Crippen molar-refractivity contribution in [1.29, 1.82) is 0 Å². The molecule has 4 N–H and O–H groups in total. The zero-order chi connectivity index (χ0) is 61.1. The summed E-state index contributed by atoms with van der Waals surface area (Å²) in [5.41, 5.74) is 8.74. The Labute approximate surface area is 505 Å². The molecule has 466 valence electrons. The lowest BCUT2D eigenvalue weighted by molar-refractivity contribution is -0.175. The van der Waals surface area contributed by atoms with E-state index in [0.717, 1.165) is 42.2 Å². The average molecular weight is 1200 g/mol. The molecule has 9 rings (SSSR count). The molecule has 0 spiro atoms. The molecule has 3 aromatic heterocycles. The number of fused-ring (bicyclic) bond motifs is 5. The molecular weight excluding hydrogens is 1120 g/mol. The summed E-state index contributed by atoms with van der Waals surface area (Å²) in [7, 11) is 0. The Hall–Kier alpha value is -8.02. The standard InChI is InChI=1S/C63H76N8O15.CH4/c1-4-48-49-29-45(72)20-21-53(49)66-57-50(48)33-70-54(57)30-52-51(60(70)79)37-84-61(80)63(52,5-2)86-62(81)85-34-40-13-17-43(18-14-40)65-58(77)42(9-6-7-23-64)28-47(74)36-83-35-46(73)10-8-25-82-26-24-69-32-44(67-68-69)19-22-55(75)41-15-11-39(12-16-41)31-71-56(76)27-38(3)59(71)78;/h13-14,17-18,20-21,29-30,32,38-39,41-42,72H,4-12,15-16,19,22-28,31,33-37,64H2,1-3H3,(H,65,77);1H4. The van der Waals surface area contributed by atoms with Gasteiger partial charge in [0.2, 0.25) is 23.3 Å². The number of ether oxygens (including phenoxy) is 5. The molecule has 2 aromatic carbocycles. The van der Waals surface area contributed by atoms with Gasteiger partial charge in [0.1, 0.15) is 38.0 Å². The molecule has 0 radical (unpaired) electrons. The van der Waals surface area contributed by atoms with Crippen LogP contribution in [0.2, 0.25) is 0 Å². The minimum atomic E-state index is -2.00. The number of benzene rings is 2. The SMILES string of the molecule is C.CCc1c2c(nc3ccc(O)cc13)-c1cc3c(c(=O)n1C2)COC(=O)C3(CC)OC(=O)OCc1ccc(NC(=O)C(CCCCN)CC(=O)COCC(=O)CCCOCCn2cc(CCC(=O)C3CCC(CN4C(=O)CC(C)C4=O)CC3)nn2)cc1. The van der Waals surface area contributed by atoms with Gasteiger partial charge in [0.05, 0.1) is 47.9 Å². The molecular formula is C64H80N8O15. The quantitative estimate of drug-likeness (QED) is 0.0225. The molecule has 3 aliphatic heterocycles. The van der Waals surface area contributed by atoms with Crippen molar-refractivity contribution in [2.45, 2.75) is 156 Å². The number of anilines is 1. The van der Waals surface area contributed by atoms with Gasteiger partial charge in [0.15, 0.2) is 11.6 Å². The number of esters is 1. The number of aryl methyl sites for hydroxylation is 2. The Morgan fingerprint density at radius 3 is 2.40 bits per heavy atom. The van der Waals surface area contributed by atoms with Crippen LogP contribution in [0.25, 0.3) is 22.3 Å². The summed E-state index contributed by atoms with van der Waals surface area (Å²) in [6.45, 7) is 6.42. The van der Waals surface area contributed by atoms with Crippen molar-refractivity contribution in [2.75, 3.05) is 44.8 Å². The van der Waals surface area contributed by atoms with E-state index < -0.39 is 35.1 Å². The zero-order valence-electron chi connectivity index (χ0n) is 49.1. The number of nitrogens with two attached hydrogens (primary N) is 1. The lowest BCUT2D eigenvalue weighted by Crippen LogP contribution is -2.47. The molecule has 1 saturated carbocycles. The number of aromatic hydroxyl groups is 1. The average Bonchev–Trinajstić information content (AvgIpc) is 1.70. The Balaban J connectivity index is 0.00000982. The number of nitrogens with zero attached hydrogens (tertiary/aromatic N) is 6. The highest BCUT2D eigenvalue weighted by molar-refractivity contribution is 6.03. The van der Waals surface area contributed by atoms with E-state index in [0.29, 0.717) is 112 Å². The summed E-state index contributed by atoms with van der Waals surface area (Å²) in [5.74, 6) is -2.41. The third kappa shape index (κ3) is 15.4. The van der Waals surface area contributed by atoms with Crippen LogP contribution in [-0.2, 0) is 102 Å². The van der Waals surface area contributed by atoms with E-state index in [-0.39, 0.29) is 130 Å². The monoisotopic (exact) mass is 1200 g/mol. The van der Waals surface area contributed by atoms with Gasteiger partial charge < -0.3 is 44.4 Å². The van der Waals surface area contributed by atoms with Crippen molar-refractivity contribution >= 4 is 63.8 Å². The second kappa shape index (κ2) is 29.6. The number of rotatable bonds is 30. The van der Waals surface area contributed by atoms with Crippen LogP contribution in [0.1, 0.15) is 145 Å². The van der Waals surface area contributed by atoms with Crippen LogP contribution in [-0.4, -0.2) is 121 Å². The summed E-state index contributed by atoms with van der Waals surface area (Å²) in [6.07, 6.45) is 7.60. The van der Waals surface area contributed by atoms with E-state index >= 15 is 0 Å². The molecule has 23 nitrogen and oxygen atoms in total. The molecule has 23 heteroatoms. The number of nitrogens with one attached hydrogen (secondary N) is 1. The minimum Gasteiger partial charge on any atom is -0.508 e. The maximum absolute atomic E-state index is 14.1. The third-order valence-corrected chi connectivity index (χ3v) is 17.0. The minimum absolute atomic E-state index is 0. The van der Waals surface area contributed by atoms with Gasteiger partial charge in [-0.15, -0.1) is 5.10 Å². The Morgan fingerprint density at radius 1 is 0.908 bits per heavy atom. The highest BCUT2D eigenvalue weighted by atomic mass is 16.7. The third-order valence-electron chi connectivity index (χ3n) is 17.0. The molecule has 0 bridgehead atoms. The molecule has 5 aromatic rings. The van der Waals surface area contributed by atoms with E-state index in [1.165, 1.54) is 4.90 Å². The van der Waals surface area contributed by atoms with E-state index in [1.54, 1.807) is 77.8 Å². The lowest BCUT2D eigenvalue weighted by Gasteiger charge is -2.35. The first-order valence-corrected chi connectivity index (χ1v) is 30.0. The molecule has 4 aliphatic rings. The number of carbonyl (C=O) groups excluding carboxylic acids is 8. The fraction of sp³-hybridized carbons (Fsp3) is 0.531. The number of phenolic OH excluding ortho intramolecular Hbond substituents is 1. The number of carbonyl (C=O) groups is 8. The van der Waals surface area contributed by atoms with Crippen molar-refractivity contribution in [3.63, 3.8) is 0 Å². The van der Waals surface area contributed by atoms with E-state index in [1.807, 2.05) is 6.92 Å². The fourth-order valence-corrected chi connectivity index (χ4v) is 12.1. The Bertz CT molecular complexity index is 3420. The van der Waals surface area contributed by atoms with Crippen LogP contribution in [0.4, 0.5) is 10.5 Å². The number of pyridine rings is 2. The molecule has 1 saturated heterocycles. The van der Waals surface area contributed by atoms with Gasteiger partial charge >= 0.3 is 12.1 Å². The fourth-order valence-electron chi connectivity index (χ4n) is 12.1. The second-order valence-corrected chi connectivity index (χ2v) is 22.9. The van der Waals surface area contributed by atoms with Crippen molar-refractivity contribution in [2.24, 2.45) is 29.4 Å². The summed E-state index contributed by atoms with van der Waals surface area (Å²) in [4.78, 5) is 124. The summed E-state index contributed by atoms with van der Waals surface area (Å²) in [5, 5.41) is 22.2. The van der Waals surface area contributed by atoms with E-state index in [4.69, 9.17) is 34.4 Å². The largest absolute Gasteiger partial charge is 0.510 e. The zero-order valence-corrected chi connectivity index (χ0v) is 49.1. The van der Waals surface area contributed by atoms with Crippen LogP contribution in [0.15, 0.2) is 59.5 Å². The van der Waals surface area contributed by atoms with Crippen LogP contribution >= 0.6 is 0 Å². The second-order valence-electron chi connectivity index (χ2n) is 22.9. The molecule has 3 amide bonds. The number of aromatic nitrogens is 5. The highest BCUT2D eigenvalue weighted by Gasteiger charge is 2.51. The van der Waals surface area contributed by atoms with Gasteiger partial charge in [-0.05, 0) is 118 Å². The topological polar surface area (TPSA) is 310 Å². The van der Waals surface area contributed by atoms with Crippen molar-refractivity contribution in [3.8, 4) is 17.1 Å². The number of imide groups is 1. The molecule has 1 aliphatic carbocycles. The van der Waals surface area contributed by atoms with Gasteiger partial charge in [-0.1, -0.05) is 52.0 Å². The molecule has 2 fully saturated rings. The van der Waals surface area contributed by atoms with E-state index in [2.05, 4.69) is 15.6 Å². The van der Waals surface area contributed by atoms with Crippen molar-refractivity contribution < 1.29 is 67.1 Å². The maximum Gasteiger partial charge on any atom is 0.510 e. The number of amides is 3. The number of Topliss-reactive ketones (excluding diaryl/α,β-unsaturated/α-hetero) is 3. The van der Waals surface area contributed by atoms with Gasteiger partial charge in [-0.3, -0.25) is 38.5 Å². The highest BCUT2D eigenvalue weighted by Crippen LogP contribution is 2.43. The van der Waals surface area contributed by atoms with Crippen LogP contribution in [0.3, 0.4) is 0 Å². The number of hydrogen-bond acceptors (Lipinski definition) is 19. The van der Waals surface area contributed by atoms with E-state index in [9.17, 15) is 48.3 Å². The molecule has 3 atom stereocenters. The first-order valence-electron chi connectivity index (χ1n) is 30.0. The Morgan fingerprint density at radius 2 is 1.68 bits per heavy atom. The first-order chi connectivity index (χ1) is 41.5. The molecule has 3 unspecified atom stereocenters. The maximum atomic E-state index is 14.1. The summed E-state index contributed by atoms with van der Waals surface area (Å²) < 4.78 is 31.2. The number of likely N-dealkylation sites (tertiary alicyclic amines) is 1. The number of cyclic esters (lactones) is 1. The van der Waals surface area contributed by atoms with Gasteiger partial charge in [-0.2, -0.15) is 0 Å². The number of phenols is 1. The van der Waals surface area contributed by atoms with Gasteiger partial charge in [0, 0.05) is 91.4 Å². The van der Waals surface area contributed by atoms with Crippen LogP contribution in [0, 0.1) is 23.7 Å². The molecule has 6 heterocycles. The number of hydrogen-bond donors (Lipinski definition) is 3. The van der Waals surface area contributed by atoms with Crippen LogP contribution in [0.5, 0.6) is 5.75 Å². The predicted octanol–water partition coefficient (Wildman–Crippen LogP) is 7.37. The summed E-state index contributed by atoms with van der Waals surface area (Å²) in [6, 6.07) is 13.1. The van der Waals surface area contributed by atoms with Crippen molar-refractivity contribution in [3.05, 3.63) is 98.6 Å². The Kier molecular flexibility index (Phi) is 22.1. The summed E-state index contributed by atoms with van der Waals surface area (Å²) >= 11 is 0. The number of unbranched alkanes of at least 4 members (excludes halogenated alkanes) is 1. The van der Waals surface area contributed by atoms with Gasteiger partial charge in [-0.25, -0.2) is 19.3 Å².